The first-order chi connectivity index (χ1) is 9.01. The zero-order chi connectivity index (χ0) is 13.9. The van der Waals surface area contributed by atoms with Crippen LogP contribution in [0, 0.1) is 6.92 Å². The first-order valence-electron chi connectivity index (χ1n) is 5.80. The standard InChI is InChI=1S/C13H15NO3S2/c1-10-2-4-11(5-3-10)14-19(16,17)13-7-6-12(18-13)8-9-15/h2-7,14-15H,8-9H2,1H3. The highest BCUT2D eigenvalue weighted by Gasteiger charge is 2.16. The molecule has 1 aromatic carbocycles. The SMILES string of the molecule is Cc1ccc(NS(=O)(=O)c2ccc(CCO)s2)cc1. The van der Waals surface area contributed by atoms with E-state index in [1.165, 1.54) is 11.3 Å². The van der Waals surface area contributed by atoms with Crippen molar-refractivity contribution in [3.8, 4) is 0 Å². The quantitative estimate of drug-likeness (QED) is 0.890. The van der Waals surface area contributed by atoms with Crippen molar-refractivity contribution in [1.29, 1.82) is 0 Å². The van der Waals surface area contributed by atoms with Gasteiger partial charge < -0.3 is 5.11 Å². The number of anilines is 1. The number of rotatable bonds is 5. The topological polar surface area (TPSA) is 66.4 Å². The molecule has 19 heavy (non-hydrogen) atoms. The van der Waals surface area contributed by atoms with Crippen molar-refractivity contribution in [3.05, 3.63) is 46.8 Å². The number of aliphatic hydroxyl groups excluding tert-OH is 1. The summed E-state index contributed by atoms with van der Waals surface area (Å²) in [6, 6.07) is 10.5. The van der Waals surface area contributed by atoms with Crippen molar-refractivity contribution >= 4 is 27.0 Å². The number of nitrogens with one attached hydrogen (secondary N) is 1. The first kappa shape index (κ1) is 14.0. The second kappa shape index (κ2) is 5.73. The van der Waals surface area contributed by atoms with Crippen LogP contribution in [0.5, 0.6) is 0 Å². The van der Waals surface area contributed by atoms with E-state index in [4.69, 9.17) is 5.11 Å². The Morgan fingerprint density at radius 2 is 1.84 bits per heavy atom. The zero-order valence-electron chi connectivity index (χ0n) is 10.5. The van der Waals surface area contributed by atoms with Crippen molar-refractivity contribution in [3.63, 3.8) is 0 Å². The number of hydrogen-bond acceptors (Lipinski definition) is 4. The van der Waals surface area contributed by atoms with Crippen molar-refractivity contribution in [1.82, 2.24) is 0 Å². The molecule has 0 aliphatic heterocycles. The number of thiophene rings is 1. The van der Waals surface area contributed by atoms with Crippen LogP contribution in [-0.2, 0) is 16.4 Å². The Hall–Kier alpha value is -1.37. The van der Waals surface area contributed by atoms with Gasteiger partial charge in [-0.15, -0.1) is 11.3 Å². The Balaban J connectivity index is 2.19. The Kier molecular flexibility index (Phi) is 4.24. The lowest BCUT2D eigenvalue weighted by Gasteiger charge is -2.06. The van der Waals surface area contributed by atoms with Crippen LogP contribution in [0.2, 0.25) is 0 Å². The molecule has 2 aromatic rings. The van der Waals surface area contributed by atoms with Crippen LogP contribution in [-0.4, -0.2) is 20.1 Å². The molecule has 0 saturated carbocycles. The molecule has 0 bridgehead atoms. The monoisotopic (exact) mass is 297 g/mol. The van der Waals surface area contributed by atoms with Gasteiger partial charge in [-0.05, 0) is 31.2 Å². The summed E-state index contributed by atoms with van der Waals surface area (Å²) in [6.07, 6.45) is 0.477. The van der Waals surface area contributed by atoms with E-state index in [0.29, 0.717) is 12.1 Å². The van der Waals surface area contributed by atoms with E-state index >= 15 is 0 Å². The smallest absolute Gasteiger partial charge is 0.271 e. The van der Waals surface area contributed by atoms with Crippen molar-refractivity contribution in [2.24, 2.45) is 0 Å². The van der Waals surface area contributed by atoms with Gasteiger partial charge in [0.1, 0.15) is 4.21 Å². The molecular weight excluding hydrogens is 282 g/mol. The lowest BCUT2D eigenvalue weighted by molar-refractivity contribution is 0.300. The van der Waals surface area contributed by atoms with Gasteiger partial charge in [0.05, 0.1) is 0 Å². The molecule has 2 rings (SSSR count). The normalized spacial score (nSPS) is 11.5. The maximum absolute atomic E-state index is 12.1. The molecule has 0 radical (unpaired) electrons. The van der Waals surface area contributed by atoms with E-state index in [2.05, 4.69) is 4.72 Å². The molecule has 0 atom stereocenters. The maximum Gasteiger partial charge on any atom is 0.271 e. The Morgan fingerprint density at radius 1 is 1.16 bits per heavy atom. The summed E-state index contributed by atoms with van der Waals surface area (Å²) < 4.78 is 27.1. The van der Waals surface area contributed by atoms with Crippen LogP contribution >= 0.6 is 11.3 Å². The fourth-order valence-electron chi connectivity index (χ4n) is 1.57. The summed E-state index contributed by atoms with van der Waals surface area (Å²) in [5.41, 5.74) is 1.62. The lowest BCUT2D eigenvalue weighted by Crippen LogP contribution is -2.11. The number of hydrogen-bond donors (Lipinski definition) is 2. The summed E-state index contributed by atoms with van der Waals surface area (Å²) in [5, 5.41) is 8.83. The van der Waals surface area contributed by atoms with Gasteiger partial charge in [-0.2, -0.15) is 0 Å². The van der Waals surface area contributed by atoms with Crippen LogP contribution in [0.15, 0.2) is 40.6 Å². The minimum atomic E-state index is -3.54. The Bertz CT molecular complexity index is 645. The van der Waals surface area contributed by atoms with Crippen LogP contribution in [0.1, 0.15) is 10.4 Å². The average molecular weight is 297 g/mol. The van der Waals surface area contributed by atoms with Crippen LogP contribution < -0.4 is 4.72 Å². The zero-order valence-corrected chi connectivity index (χ0v) is 12.1. The molecule has 1 heterocycles. The summed E-state index contributed by atoms with van der Waals surface area (Å²) in [6.45, 7) is 1.96. The van der Waals surface area contributed by atoms with Gasteiger partial charge >= 0.3 is 0 Å². The largest absolute Gasteiger partial charge is 0.396 e. The third-order valence-corrected chi connectivity index (χ3v) is 5.58. The van der Waals surface area contributed by atoms with Gasteiger partial charge in [0, 0.05) is 23.6 Å². The van der Waals surface area contributed by atoms with E-state index < -0.39 is 10.0 Å². The van der Waals surface area contributed by atoms with Gasteiger partial charge in [-0.3, -0.25) is 4.72 Å². The summed E-state index contributed by atoms with van der Waals surface area (Å²) in [4.78, 5) is 0.854. The molecule has 1 aromatic heterocycles. The number of aliphatic hydroxyl groups is 1. The van der Waals surface area contributed by atoms with Gasteiger partial charge in [0.25, 0.3) is 10.0 Å². The van der Waals surface area contributed by atoms with E-state index in [1.54, 1.807) is 24.3 Å². The summed E-state index contributed by atoms with van der Waals surface area (Å²) in [5.74, 6) is 0. The number of sulfonamides is 1. The first-order valence-corrected chi connectivity index (χ1v) is 8.10. The maximum atomic E-state index is 12.1. The molecule has 0 fully saturated rings. The van der Waals surface area contributed by atoms with Crippen molar-refractivity contribution < 1.29 is 13.5 Å². The van der Waals surface area contributed by atoms with Crippen molar-refractivity contribution in [2.75, 3.05) is 11.3 Å². The van der Waals surface area contributed by atoms with Crippen LogP contribution in [0.25, 0.3) is 0 Å². The minimum absolute atomic E-state index is 0.0192. The van der Waals surface area contributed by atoms with Gasteiger partial charge in [0.15, 0.2) is 0 Å². The van der Waals surface area contributed by atoms with Gasteiger partial charge in [-0.25, -0.2) is 8.42 Å². The highest BCUT2D eigenvalue weighted by Crippen LogP contribution is 2.24. The predicted molar refractivity (Wildman–Crippen MR) is 77.1 cm³/mol. The Labute approximate surface area is 116 Å². The molecule has 4 nitrogen and oxygen atoms in total. The molecule has 2 N–H and O–H groups in total. The average Bonchev–Trinajstić information content (AvgIpc) is 2.82. The number of benzene rings is 1. The molecule has 0 aliphatic carbocycles. The molecule has 0 saturated heterocycles. The Morgan fingerprint density at radius 3 is 2.47 bits per heavy atom. The van der Waals surface area contributed by atoms with E-state index in [9.17, 15) is 8.42 Å². The van der Waals surface area contributed by atoms with Crippen LogP contribution in [0.3, 0.4) is 0 Å². The van der Waals surface area contributed by atoms with Gasteiger partial charge in [0.2, 0.25) is 0 Å². The second-order valence-corrected chi connectivity index (χ2v) is 7.24. The third-order valence-electron chi connectivity index (χ3n) is 2.56. The van der Waals surface area contributed by atoms with E-state index in [-0.39, 0.29) is 10.8 Å². The lowest BCUT2D eigenvalue weighted by atomic mass is 10.2. The fraction of sp³-hybridized carbons (Fsp3) is 0.231. The molecule has 0 spiro atoms. The highest BCUT2D eigenvalue weighted by molar-refractivity contribution is 7.94. The fourth-order valence-corrected chi connectivity index (χ4v) is 3.98. The van der Waals surface area contributed by atoms with E-state index in [1.807, 2.05) is 19.1 Å². The minimum Gasteiger partial charge on any atom is -0.396 e. The number of aryl methyl sites for hydroxylation is 1. The molecule has 6 heteroatoms. The third kappa shape index (κ3) is 3.56. The van der Waals surface area contributed by atoms with E-state index in [0.717, 1.165) is 10.4 Å². The van der Waals surface area contributed by atoms with Crippen LogP contribution in [0.4, 0.5) is 5.69 Å². The van der Waals surface area contributed by atoms with Gasteiger partial charge in [-0.1, -0.05) is 17.7 Å². The molecule has 0 unspecified atom stereocenters. The molecular formula is C13H15NO3S2. The predicted octanol–water partition coefficient (Wildman–Crippen LogP) is 2.39. The summed E-state index contributed by atoms with van der Waals surface area (Å²) >= 11 is 1.18. The molecule has 0 amide bonds. The molecule has 0 aliphatic rings. The summed E-state index contributed by atoms with van der Waals surface area (Å²) in [7, 11) is -3.54. The second-order valence-electron chi connectivity index (χ2n) is 4.17. The molecule has 102 valence electrons. The van der Waals surface area contributed by atoms with Crippen molar-refractivity contribution in [2.45, 2.75) is 17.6 Å². The highest BCUT2D eigenvalue weighted by atomic mass is 32.2.